The van der Waals surface area contributed by atoms with Crippen LogP contribution in [0.15, 0.2) is 34.9 Å². The molecule has 0 saturated heterocycles. The molecule has 4 N–H and O–H groups in total. The number of terminal acetylenes is 1. The summed E-state index contributed by atoms with van der Waals surface area (Å²) in [5.74, 6) is 30.2. The van der Waals surface area contributed by atoms with Crippen molar-refractivity contribution in [2.24, 2.45) is 0 Å². The maximum absolute atomic E-state index is 10.8. The first-order chi connectivity index (χ1) is 19.0. The summed E-state index contributed by atoms with van der Waals surface area (Å²) >= 11 is 0. The lowest BCUT2D eigenvalue weighted by atomic mass is 10.1. The maximum Gasteiger partial charge on any atom is 0.357 e. The summed E-state index contributed by atoms with van der Waals surface area (Å²) in [5, 5.41) is 22.8. The van der Waals surface area contributed by atoms with E-state index in [9.17, 15) is 9.67 Å². The van der Waals surface area contributed by atoms with Crippen LogP contribution in [0, 0.1) is 83.4 Å². The predicted octanol–water partition coefficient (Wildman–Crippen LogP) is 7.40. The lowest BCUT2D eigenvalue weighted by molar-refractivity contribution is -0.592. The molecule has 40 heavy (non-hydrogen) atoms. The zero-order valence-electron chi connectivity index (χ0n) is 23.2. The Morgan fingerprint density at radius 3 is 1.70 bits per heavy atom. The monoisotopic (exact) mass is 606 g/mol. The van der Waals surface area contributed by atoms with Gasteiger partial charge in [-0.15, -0.1) is 6.42 Å². The third-order valence-corrected chi connectivity index (χ3v) is 4.71. The predicted molar refractivity (Wildman–Crippen MR) is 183 cm³/mol. The van der Waals surface area contributed by atoms with Crippen molar-refractivity contribution >= 4 is 17.1 Å². The van der Waals surface area contributed by atoms with Gasteiger partial charge in [0, 0.05) is 25.2 Å². The van der Waals surface area contributed by atoms with Gasteiger partial charge in [0.2, 0.25) is 0 Å². The molecule has 0 aliphatic heterocycles. The van der Waals surface area contributed by atoms with Crippen molar-refractivity contribution in [2.45, 2.75) is 66.1 Å². The van der Waals surface area contributed by atoms with E-state index in [4.69, 9.17) is 21.5 Å². The van der Waals surface area contributed by atoms with Gasteiger partial charge in [0.15, 0.2) is 5.85 Å². The van der Waals surface area contributed by atoms with Crippen LogP contribution >= 0.6 is 17.1 Å². The summed E-state index contributed by atoms with van der Waals surface area (Å²) in [4.78, 5) is 17.6. The summed E-state index contributed by atoms with van der Waals surface area (Å²) in [6.45, 7) is 9.72. The van der Waals surface area contributed by atoms with Gasteiger partial charge < -0.3 is 14.9 Å². The topological polar surface area (TPSA) is 126 Å². The molecule has 0 radical (unpaired) electrons. The van der Waals surface area contributed by atoms with Crippen molar-refractivity contribution in [2.75, 3.05) is 0 Å². The first kappa shape index (κ1) is 41.0. The molecule has 0 fully saturated rings. The highest BCUT2D eigenvalue weighted by Gasteiger charge is 2.23. The average molecular weight is 607 g/mol. The molecule has 0 spiro atoms. The van der Waals surface area contributed by atoms with Gasteiger partial charge >= 0.3 is 7.60 Å². The molecule has 0 aliphatic carbocycles. The largest absolute Gasteiger partial charge is 0.377 e. The van der Waals surface area contributed by atoms with Crippen molar-refractivity contribution in [3.05, 3.63) is 34.9 Å². The third-order valence-electron chi connectivity index (χ3n) is 3.79. The molecule has 8 nitrogen and oxygen atoms in total. The number of hydrogen-bond donors (Lipinski definition) is 4. The summed E-state index contributed by atoms with van der Waals surface area (Å²) in [7, 11) is -2.74. The zero-order valence-corrected chi connectivity index (χ0v) is 25.2. The molecule has 234 valence electrons. The van der Waals surface area contributed by atoms with E-state index in [0.29, 0.717) is 6.42 Å². The number of hydrogen-bond acceptors (Lipinski definition) is 6. The Balaban J connectivity index is -0.0000000336. The molecule has 2 unspecified atom stereocenters. The molecule has 0 aromatic rings. The van der Waals surface area contributed by atoms with E-state index in [1.807, 2.05) is 0 Å². The highest BCUT2D eigenvalue weighted by molar-refractivity contribution is 7.52. The van der Waals surface area contributed by atoms with Crippen molar-refractivity contribution in [3.8, 4) is 83.4 Å². The van der Waals surface area contributed by atoms with Crippen LogP contribution in [0.3, 0.4) is 0 Å². The lowest BCUT2D eigenvalue weighted by Crippen LogP contribution is -2.03. The molecule has 0 aliphatic rings. The normalized spacial score (nSPS) is 10.0. The Labute approximate surface area is 257 Å². The van der Waals surface area contributed by atoms with Crippen LogP contribution in [0.1, 0.15) is 76.0 Å². The summed E-state index contributed by atoms with van der Waals surface area (Å²) in [6.07, 6.45) is 14.0. The van der Waals surface area contributed by atoms with Gasteiger partial charge in [0.25, 0.3) is 0 Å². The maximum atomic E-state index is 10.8. The minimum atomic E-state index is -4.43. The Morgan fingerprint density at radius 2 is 1.32 bits per heavy atom. The zero-order chi connectivity index (χ0) is 31.1. The van der Waals surface area contributed by atoms with E-state index in [0.717, 1.165) is 24.8 Å². The molecular weight excluding hydrogens is 550 g/mol. The van der Waals surface area contributed by atoms with Gasteiger partial charge in [-0.1, -0.05) is 34.8 Å². The van der Waals surface area contributed by atoms with E-state index in [1.165, 1.54) is 17.2 Å². The van der Waals surface area contributed by atoms with Crippen LogP contribution in [0.5, 0.6) is 0 Å². The fourth-order valence-corrected chi connectivity index (χ4v) is 2.55. The second-order valence-electron chi connectivity index (χ2n) is 7.43. The van der Waals surface area contributed by atoms with Crippen LogP contribution < -0.4 is 0 Å². The van der Waals surface area contributed by atoms with Crippen LogP contribution in [0.4, 0.5) is 0 Å². The van der Waals surface area contributed by atoms with Crippen molar-refractivity contribution in [3.63, 3.8) is 0 Å². The van der Waals surface area contributed by atoms with Gasteiger partial charge in [0.1, 0.15) is 0 Å². The van der Waals surface area contributed by atoms with Gasteiger partial charge in [-0.05, 0) is 147 Å². The van der Waals surface area contributed by atoms with Gasteiger partial charge in [-0.25, -0.2) is 5.26 Å². The van der Waals surface area contributed by atoms with Crippen LogP contribution in [0.25, 0.3) is 0 Å². The minimum absolute atomic E-state index is 0. The molecule has 2 atom stereocenters. The first-order valence-electron chi connectivity index (χ1n) is 11.4. The smallest absolute Gasteiger partial charge is 0.357 e. The molecule has 0 rings (SSSR count). The van der Waals surface area contributed by atoms with Crippen molar-refractivity contribution < 1.29 is 55.2 Å². The lowest BCUT2D eigenvalue weighted by Gasteiger charge is -2.09. The Hall–Kier alpha value is -3.48. The van der Waals surface area contributed by atoms with Gasteiger partial charge in [-0.3, -0.25) is 4.57 Å². The van der Waals surface area contributed by atoms with E-state index >= 15 is 0 Å². The molecule has 0 amide bonds. The first-order valence-corrected chi connectivity index (χ1v) is 13.5. The summed E-state index contributed by atoms with van der Waals surface area (Å²) in [5.41, 5.74) is 3.42. The molecule has 0 bridgehead atoms. The van der Waals surface area contributed by atoms with E-state index in [1.54, 1.807) is 23.3 Å². The number of rotatable bonds is 10. The van der Waals surface area contributed by atoms with E-state index < -0.39 is 13.4 Å². The summed E-state index contributed by atoms with van der Waals surface area (Å²) < 4.78 is 14.4. The SMILES string of the molecule is C#CC#CC#CC#CC#CC#CC#CC.CC(C)=CCC/C(C)=C/CC/C(C)=C/C(O)P(=O)(O)O.OOOOP.[HH].[HH].[HH].[HH].[HH].[HH].[HH].[HH].[HH].[HH].[HH]. The minimum Gasteiger partial charge on any atom is -0.377 e. The van der Waals surface area contributed by atoms with Gasteiger partial charge in [0.05, 0.1) is 0 Å². The fraction of sp³-hybridized carbons (Fsp3) is 0.333. The van der Waals surface area contributed by atoms with E-state index in [-0.39, 0.29) is 15.7 Å². The highest BCUT2D eigenvalue weighted by atomic mass is 31.2. The second kappa shape index (κ2) is 30.1. The Kier molecular flexibility index (Phi) is 30.8. The van der Waals surface area contributed by atoms with Crippen LogP contribution in [-0.2, 0) is 19.3 Å². The fourth-order valence-electron chi connectivity index (χ4n) is 2.07. The van der Waals surface area contributed by atoms with Crippen molar-refractivity contribution in [1.82, 2.24) is 0 Å². The number of allylic oxidation sites excluding steroid dienone is 5. The third kappa shape index (κ3) is 36.7. The second-order valence-corrected chi connectivity index (χ2v) is 9.33. The highest BCUT2D eigenvalue weighted by Crippen LogP contribution is 2.40. The standard InChI is InChI=1S/C15H27O4P.C15H4.H3O4P.11H2/c1-12(2)7-5-8-13(3)9-6-10-14(4)11-15(16)20(17,18)19;1-3-5-7-9-11-13-15-14-12-10-8-6-4-2;1-2-3-4-5;;;;;;;;;;;/h7,9,11,15-16H,5-6,8,10H2,1-4H3,(H2,17,18,19);1H,2H3;1H,5H2;11*1H/b13-9+,14-11+;;;;;;;;;;;;;. The molecule has 0 aromatic heterocycles. The molecule has 0 heterocycles. The van der Waals surface area contributed by atoms with Crippen LogP contribution in [0.2, 0.25) is 0 Å². The Bertz CT molecular complexity index is 1340. The van der Waals surface area contributed by atoms with E-state index in [2.05, 4.69) is 125 Å². The average Bonchev–Trinajstić information content (AvgIpc) is 2.88. The molecule has 10 heteroatoms. The molecule has 0 aromatic carbocycles. The summed E-state index contributed by atoms with van der Waals surface area (Å²) in [6, 6.07) is 0. The molecule has 0 saturated carbocycles. The Morgan fingerprint density at radius 1 is 0.875 bits per heavy atom. The molecular formula is C30H56O8P2. The number of aliphatic hydroxyl groups excluding tert-OH is 1. The van der Waals surface area contributed by atoms with Gasteiger partial charge in [-0.2, -0.15) is 4.67 Å². The quantitative estimate of drug-likeness (QED) is 0.0667. The van der Waals surface area contributed by atoms with Crippen LogP contribution in [-0.4, -0.2) is 26.0 Å². The number of aliphatic hydroxyl groups is 1. The van der Waals surface area contributed by atoms with Crippen molar-refractivity contribution in [1.29, 1.82) is 0 Å².